The summed E-state index contributed by atoms with van der Waals surface area (Å²) in [6.45, 7) is 0. The first-order valence-electron chi connectivity index (χ1n) is 7.44. The second kappa shape index (κ2) is 9.07. The van der Waals surface area contributed by atoms with Gasteiger partial charge in [-0.15, -0.1) is 0 Å². The number of carboxylic acid groups (broad SMARTS) is 2. The number of aliphatic carboxylic acids is 2. The first-order valence-corrected chi connectivity index (χ1v) is 8.20. The van der Waals surface area contributed by atoms with Crippen LogP contribution in [0.1, 0.15) is 5.56 Å². The summed E-state index contributed by atoms with van der Waals surface area (Å²) in [5.74, 6) is -2.27. The number of ether oxygens (including phenoxy) is 1. The third-order valence-electron chi connectivity index (χ3n) is 3.13. The Morgan fingerprint density at radius 1 is 1.00 bits per heavy atom. The number of amides is 1. The zero-order chi connectivity index (χ0) is 20.0. The van der Waals surface area contributed by atoms with Crippen molar-refractivity contribution < 1.29 is 29.3 Å². The van der Waals surface area contributed by atoms with E-state index in [1.54, 1.807) is 24.3 Å². The normalized spacial score (nSPS) is 10.6. The summed E-state index contributed by atoms with van der Waals surface area (Å²) in [5, 5.41) is 20.1. The molecule has 27 heavy (non-hydrogen) atoms. The lowest BCUT2D eigenvalue weighted by atomic mass is 10.1. The highest BCUT2D eigenvalue weighted by Crippen LogP contribution is 2.37. The molecule has 2 aromatic rings. The number of halogens is 2. The topological polar surface area (TPSA) is 113 Å². The van der Waals surface area contributed by atoms with Crippen LogP contribution in [0.15, 0.2) is 48.6 Å². The van der Waals surface area contributed by atoms with Gasteiger partial charge in [0.1, 0.15) is 5.75 Å². The molecule has 2 aromatic carbocycles. The lowest BCUT2D eigenvalue weighted by Crippen LogP contribution is -2.08. The van der Waals surface area contributed by atoms with Crippen LogP contribution in [-0.2, 0) is 20.8 Å². The summed E-state index contributed by atoms with van der Waals surface area (Å²) >= 11 is 12.2. The van der Waals surface area contributed by atoms with Gasteiger partial charge in [-0.3, -0.25) is 9.59 Å². The second-order valence-electron chi connectivity index (χ2n) is 5.25. The quantitative estimate of drug-likeness (QED) is 0.595. The lowest BCUT2D eigenvalue weighted by Gasteiger charge is -2.11. The molecule has 0 aliphatic heterocycles. The molecule has 0 aliphatic carbocycles. The minimum absolute atomic E-state index is 0.162. The van der Waals surface area contributed by atoms with E-state index >= 15 is 0 Å². The molecule has 0 aliphatic rings. The SMILES string of the molecule is O=C(O)/C=C/C(=O)Nc1ccc(Oc2c(Cl)cc(CC(=O)O)cc2Cl)cc1. The van der Waals surface area contributed by atoms with Crippen molar-refractivity contribution in [2.24, 2.45) is 0 Å². The van der Waals surface area contributed by atoms with Crippen LogP contribution >= 0.6 is 23.2 Å². The highest BCUT2D eigenvalue weighted by Gasteiger charge is 2.13. The number of benzene rings is 2. The summed E-state index contributed by atoms with van der Waals surface area (Å²) in [7, 11) is 0. The Labute approximate surface area is 163 Å². The van der Waals surface area contributed by atoms with E-state index in [4.69, 9.17) is 38.2 Å². The number of carbonyl (C=O) groups excluding carboxylic acids is 1. The van der Waals surface area contributed by atoms with E-state index < -0.39 is 17.8 Å². The Morgan fingerprint density at radius 2 is 1.59 bits per heavy atom. The molecule has 140 valence electrons. The zero-order valence-corrected chi connectivity index (χ0v) is 15.1. The van der Waals surface area contributed by atoms with Gasteiger partial charge >= 0.3 is 11.9 Å². The van der Waals surface area contributed by atoms with Crippen LogP contribution < -0.4 is 10.1 Å². The van der Waals surface area contributed by atoms with Crippen molar-refractivity contribution in [2.45, 2.75) is 6.42 Å². The van der Waals surface area contributed by atoms with E-state index in [2.05, 4.69) is 5.32 Å². The van der Waals surface area contributed by atoms with E-state index in [1.165, 1.54) is 12.1 Å². The van der Waals surface area contributed by atoms with Crippen molar-refractivity contribution in [3.05, 3.63) is 64.2 Å². The van der Waals surface area contributed by atoms with Gasteiger partial charge in [0.25, 0.3) is 0 Å². The van der Waals surface area contributed by atoms with Gasteiger partial charge in [-0.2, -0.15) is 0 Å². The van der Waals surface area contributed by atoms with Crippen molar-refractivity contribution >= 4 is 46.7 Å². The molecule has 7 nitrogen and oxygen atoms in total. The Morgan fingerprint density at radius 3 is 2.11 bits per heavy atom. The minimum atomic E-state index is -1.22. The van der Waals surface area contributed by atoms with Gasteiger partial charge in [-0.1, -0.05) is 23.2 Å². The van der Waals surface area contributed by atoms with Gasteiger partial charge < -0.3 is 20.3 Å². The van der Waals surface area contributed by atoms with Gasteiger partial charge in [-0.25, -0.2) is 4.79 Å². The molecule has 0 heterocycles. The third-order valence-corrected chi connectivity index (χ3v) is 3.69. The van der Waals surface area contributed by atoms with Crippen molar-refractivity contribution in [3.63, 3.8) is 0 Å². The minimum Gasteiger partial charge on any atom is -0.481 e. The van der Waals surface area contributed by atoms with E-state index in [0.29, 0.717) is 17.0 Å². The van der Waals surface area contributed by atoms with Crippen molar-refractivity contribution in [1.82, 2.24) is 0 Å². The third kappa shape index (κ3) is 6.32. The smallest absolute Gasteiger partial charge is 0.328 e. The van der Waals surface area contributed by atoms with Crippen LogP contribution in [0.2, 0.25) is 10.0 Å². The Bertz CT molecular complexity index is 886. The molecule has 0 saturated carbocycles. The fourth-order valence-electron chi connectivity index (χ4n) is 2.04. The van der Waals surface area contributed by atoms with Crippen LogP contribution in [0.5, 0.6) is 11.5 Å². The molecule has 0 saturated heterocycles. The summed E-state index contributed by atoms with van der Waals surface area (Å²) < 4.78 is 5.62. The summed E-state index contributed by atoms with van der Waals surface area (Å²) in [4.78, 5) is 32.7. The van der Waals surface area contributed by atoms with Gasteiger partial charge in [0.2, 0.25) is 5.91 Å². The van der Waals surface area contributed by atoms with Crippen molar-refractivity contribution in [1.29, 1.82) is 0 Å². The molecule has 0 spiro atoms. The van der Waals surface area contributed by atoms with Crippen LogP contribution in [0, 0.1) is 0 Å². The standard InChI is InChI=1S/C18H13Cl2NO6/c19-13-7-10(9-17(25)26)8-14(20)18(13)27-12-3-1-11(2-4-12)21-15(22)5-6-16(23)24/h1-8H,9H2,(H,21,22)(H,23,24)(H,25,26)/b6-5+. The van der Waals surface area contributed by atoms with Gasteiger partial charge in [0, 0.05) is 17.8 Å². The highest BCUT2D eigenvalue weighted by atomic mass is 35.5. The average molecular weight is 410 g/mol. The van der Waals surface area contributed by atoms with Gasteiger partial charge in [0.05, 0.1) is 16.5 Å². The predicted molar refractivity (Wildman–Crippen MR) is 99.7 cm³/mol. The molecule has 0 fully saturated rings. The number of carboxylic acids is 2. The average Bonchev–Trinajstić information content (AvgIpc) is 2.57. The van der Waals surface area contributed by atoms with Crippen LogP contribution in [0.25, 0.3) is 0 Å². The molecule has 0 bridgehead atoms. The van der Waals surface area contributed by atoms with E-state index in [1.807, 2.05) is 0 Å². The Kier molecular flexibility index (Phi) is 6.81. The maximum Gasteiger partial charge on any atom is 0.328 e. The number of hydrogen-bond donors (Lipinski definition) is 3. The first kappa shape index (κ1) is 20.3. The lowest BCUT2D eigenvalue weighted by molar-refractivity contribution is -0.136. The summed E-state index contributed by atoms with van der Waals surface area (Å²) in [5.41, 5.74) is 0.869. The van der Waals surface area contributed by atoms with Gasteiger partial charge in [-0.05, 0) is 42.0 Å². The van der Waals surface area contributed by atoms with Crippen molar-refractivity contribution in [2.75, 3.05) is 5.32 Å². The number of carbonyl (C=O) groups is 3. The Hall–Kier alpha value is -3.03. The second-order valence-corrected chi connectivity index (χ2v) is 6.06. The van der Waals surface area contributed by atoms with E-state index in [-0.39, 0.29) is 22.2 Å². The molecular weight excluding hydrogens is 397 g/mol. The van der Waals surface area contributed by atoms with Crippen LogP contribution in [0.3, 0.4) is 0 Å². The monoisotopic (exact) mass is 409 g/mol. The van der Waals surface area contributed by atoms with Gasteiger partial charge in [0.15, 0.2) is 5.75 Å². The summed E-state index contributed by atoms with van der Waals surface area (Å²) in [6.07, 6.45) is 1.40. The number of hydrogen-bond acceptors (Lipinski definition) is 4. The number of anilines is 1. The fraction of sp³-hybridized carbons (Fsp3) is 0.0556. The van der Waals surface area contributed by atoms with E-state index in [0.717, 1.165) is 12.2 Å². The van der Waals surface area contributed by atoms with Crippen LogP contribution in [-0.4, -0.2) is 28.1 Å². The summed E-state index contributed by atoms with van der Waals surface area (Å²) in [6, 6.07) is 9.11. The highest BCUT2D eigenvalue weighted by molar-refractivity contribution is 6.37. The Balaban J connectivity index is 2.09. The maximum atomic E-state index is 11.5. The molecule has 3 N–H and O–H groups in total. The zero-order valence-electron chi connectivity index (χ0n) is 13.6. The number of nitrogens with one attached hydrogen (secondary N) is 1. The van der Waals surface area contributed by atoms with Crippen LogP contribution in [0.4, 0.5) is 5.69 Å². The predicted octanol–water partition coefficient (Wildman–Crippen LogP) is 3.99. The molecule has 0 radical (unpaired) electrons. The molecule has 1 amide bonds. The fourth-order valence-corrected chi connectivity index (χ4v) is 2.65. The molecule has 0 atom stereocenters. The van der Waals surface area contributed by atoms with Crippen molar-refractivity contribution in [3.8, 4) is 11.5 Å². The largest absolute Gasteiger partial charge is 0.481 e. The molecule has 0 unspecified atom stereocenters. The molecule has 9 heteroatoms. The molecule has 2 rings (SSSR count). The molecular formula is C18H13Cl2NO6. The first-order chi connectivity index (χ1) is 12.7. The number of rotatable bonds is 7. The van der Waals surface area contributed by atoms with E-state index in [9.17, 15) is 14.4 Å². The maximum absolute atomic E-state index is 11.5. The molecule has 0 aromatic heterocycles.